The van der Waals surface area contributed by atoms with E-state index < -0.39 is 17.8 Å². The maximum atomic E-state index is 12.8. The molecule has 3 nitrogen and oxygen atoms in total. The van der Waals surface area contributed by atoms with E-state index in [1.54, 1.807) is 13.0 Å². The second-order valence-corrected chi connectivity index (χ2v) is 3.70. The molecule has 1 aromatic rings. The summed E-state index contributed by atoms with van der Waals surface area (Å²) in [4.78, 5) is 0. The van der Waals surface area contributed by atoms with E-state index in [0.717, 1.165) is 12.1 Å². The first-order chi connectivity index (χ1) is 8.38. The Labute approximate surface area is 103 Å². The Hall–Kier alpha value is -1.74. The lowest BCUT2D eigenvalue weighted by Crippen LogP contribution is -2.20. The van der Waals surface area contributed by atoms with E-state index in [1.807, 2.05) is 0 Å². The van der Waals surface area contributed by atoms with Gasteiger partial charge in [0.1, 0.15) is 11.9 Å². The van der Waals surface area contributed by atoms with Gasteiger partial charge in [-0.3, -0.25) is 0 Å². The van der Waals surface area contributed by atoms with Gasteiger partial charge in [0.05, 0.1) is 23.8 Å². The molecule has 1 rings (SSSR count). The Morgan fingerprint density at radius 3 is 2.56 bits per heavy atom. The number of halogens is 3. The number of rotatable bonds is 4. The van der Waals surface area contributed by atoms with Crippen molar-refractivity contribution in [3.05, 3.63) is 29.3 Å². The predicted molar refractivity (Wildman–Crippen MR) is 58.1 cm³/mol. The second-order valence-electron chi connectivity index (χ2n) is 3.70. The van der Waals surface area contributed by atoms with Gasteiger partial charge in [0.2, 0.25) is 0 Å². The number of alkyl halides is 3. The molecule has 0 saturated carbocycles. The number of ether oxygens (including phenoxy) is 2. The number of hydrogen-bond acceptors (Lipinski definition) is 3. The first-order valence-corrected chi connectivity index (χ1v) is 5.15. The largest absolute Gasteiger partial charge is 0.488 e. The molecule has 0 aliphatic heterocycles. The van der Waals surface area contributed by atoms with Gasteiger partial charge in [0.15, 0.2) is 0 Å². The van der Waals surface area contributed by atoms with Crippen LogP contribution in [-0.4, -0.2) is 19.8 Å². The minimum absolute atomic E-state index is 0.0610. The van der Waals surface area contributed by atoms with E-state index >= 15 is 0 Å². The van der Waals surface area contributed by atoms with Gasteiger partial charge in [-0.05, 0) is 25.1 Å². The number of hydrogen-bond donors (Lipinski definition) is 0. The lowest BCUT2D eigenvalue weighted by molar-refractivity contribution is -0.139. The van der Waals surface area contributed by atoms with Gasteiger partial charge in [0, 0.05) is 7.11 Å². The summed E-state index contributed by atoms with van der Waals surface area (Å²) in [6, 6.07) is 4.87. The fraction of sp³-hybridized carbons (Fsp3) is 0.417. The van der Waals surface area contributed by atoms with Crippen LogP contribution in [-0.2, 0) is 10.9 Å². The van der Waals surface area contributed by atoms with E-state index in [9.17, 15) is 13.2 Å². The van der Waals surface area contributed by atoms with E-state index in [-0.39, 0.29) is 17.9 Å². The first-order valence-electron chi connectivity index (χ1n) is 5.15. The van der Waals surface area contributed by atoms with Gasteiger partial charge in [-0.2, -0.15) is 18.4 Å². The zero-order chi connectivity index (χ0) is 13.8. The maximum absolute atomic E-state index is 12.8. The van der Waals surface area contributed by atoms with Crippen LogP contribution >= 0.6 is 0 Å². The standard InChI is InChI=1S/C12H12F3NO2/c1-8(7-17-2)18-11-4-3-9(6-16)5-10(11)12(13,14)15/h3-5,8H,7H2,1-2H3. The van der Waals surface area contributed by atoms with Gasteiger partial charge < -0.3 is 9.47 Å². The quantitative estimate of drug-likeness (QED) is 0.834. The van der Waals surface area contributed by atoms with Gasteiger partial charge in [-0.15, -0.1) is 0 Å². The van der Waals surface area contributed by atoms with Crippen LogP contribution in [0.4, 0.5) is 13.2 Å². The molecule has 0 saturated heterocycles. The highest BCUT2D eigenvalue weighted by Crippen LogP contribution is 2.37. The van der Waals surface area contributed by atoms with Crippen molar-refractivity contribution in [3.63, 3.8) is 0 Å². The van der Waals surface area contributed by atoms with Crippen LogP contribution in [0.15, 0.2) is 18.2 Å². The van der Waals surface area contributed by atoms with E-state index in [1.165, 1.54) is 13.2 Å². The molecule has 0 heterocycles. The molecule has 18 heavy (non-hydrogen) atoms. The number of nitrogens with zero attached hydrogens (tertiary/aromatic N) is 1. The third kappa shape index (κ3) is 3.64. The Bertz CT molecular complexity index is 452. The second kappa shape index (κ2) is 5.74. The Morgan fingerprint density at radius 2 is 2.06 bits per heavy atom. The lowest BCUT2D eigenvalue weighted by atomic mass is 10.1. The summed E-state index contributed by atoms with van der Waals surface area (Å²) in [5, 5.41) is 8.61. The molecule has 1 unspecified atom stereocenters. The molecular weight excluding hydrogens is 247 g/mol. The number of nitriles is 1. The van der Waals surface area contributed by atoms with Crippen molar-refractivity contribution in [2.75, 3.05) is 13.7 Å². The topological polar surface area (TPSA) is 42.2 Å². The van der Waals surface area contributed by atoms with Gasteiger partial charge in [-0.25, -0.2) is 0 Å². The van der Waals surface area contributed by atoms with Crippen LogP contribution < -0.4 is 4.74 Å². The highest BCUT2D eigenvalue weighted by atomic mass is 19.4. The molecular formula is C12H12F3NO2. The van der Waals surface area contributed by atoms with Crippen LogP contribution in [0.25, 0.3) is 0 Å². The van der Waals surface area contributed by atoms with E-state index in [2.05, 4.69) is 0 Å². The zero-order valence-corrected chi connectivity index (χ0v) is 9.91. The summed E-state index contributed by atoms with van der Waals surface area (Å²) in [6.45, 7) is 1.78. The molecule has 1 aromatic carbocycles. The SMILES string of the molecule is COCC(C)Oc1ccc(C#N)cc1C(F)(F)F. The zero-order valence-electron chi connectivity index (χ0n) is 9.91. The van der Waals surface area contributed by atoms with Gasteiger partial charge >= 0.3 is 6.18 Å². The first kappa shape index (κ1) is 14.3. The molecule has 1 atom stereocenters. The fourth-order valence-corrected chi connectivity index (χ4v) is 1.41. The number of benzene rings is 1. The summed E-state index contributed by atoms with van der Waals surface area (Å²) in [6.07, 6.45) is -5.07. The van der Waals surface area contributed by atoms with Crippen LogP contribution in [0.3, 0.4) is 0 Å². The molecule has 0 amide bonds. The summed E-state index contributed by atoms with van der Waals surface area (Å²) >= 11 is 0. The third-order valence-electron chi connectivity index (χ3n) is 2.14. The Morgan fingerprint density at radius 1 is 1.39 bits per heavy atom. The van der Waals surface area contributed by atoms with Crippen molar-refractivity contribution < 1.29 is 22.6 Å². The van der Waals surface area contributed by atoms with Crippen molar-refractivity contribution in [2.45, 2.75) is 19.2 Å². The fourth-order valence-electron chi connectivity index (χ4n) is 1.41. The van der Waals surface area contributed by atoms with Crippen LogP contribution in [0, 0.1) is 11.3 Å². The highest BCUT2D eigenvalue weighted by molar-refractivity contribution is 5.43. The summed E-state index contributed by atoms with van der Waals surface area (Å²) < 4.78 is 48.3. The highest BCUT2D eigenvalue weighted by Gasteiger charge is 2.35. The predicted octanol–water partition coefficient (Wildman–Crippen LogP) is 2.99. The summed E-state index contributed by atoms with van der Waals surface area (Å²) in [7, 11) is 1.43. The maximum Gasteiger partial charge on any atom is 0.420 e. The number of methoxy groups -OCH3 is 1. The van der Waals surface area contributed by atoms with Crippen molar-refractivity contribution in [1.29, 1.82) is 5.26 Å². The van der Waals surface area contributed by atoms with Crippen LogP contribution in [0.1, 0.15) is 18.1 Å². The third-order valence-corrected chi connectivity index (χ3v) is 2.14. The minimum atomic E-state index is -4.56. The van der Waals surface area contributed by atoms with E-state index in [0.29, 0.717) is 0 Å². The molecule has 0 radical (unpaired) electrons. The minimum Gasteiger partial charge on any atom is -0.488 e. The molecule has 0 aromatic heterocycles. The van der Waals surface area contributed by atoms with Crippen LogP contribution in [0.5, 0.6) is 5.75 Å². The average molecular weight is 259 g/mol. The molecule has 0 N–H and O–H groups in total. The van der Waals surface area contributed by atoms with Crippen LogP contribution in [0.2, 0.25) is 0 Å². The monoisotopic (exact) mass is 259 g/mol. The molecule has 6 heteroatoms. The van der Waals surface area contributed by atoms with Crippen molar-refractivity contribution in [1.82, 2.24) is 0 Å². The summed E-state index contributed by atoms with van der Waals surface area (Å²) in [5.41, 5.74) is -1.02. The molecule has 0 aliphatic rings. The van der Waals surface area contributed by atoms with Crippen molar-refractivity contribution in [2.24, 2.45) is 0 Å². The molecule has 0 fully saturated rings. The molecule has 0 bridgehead atoms. The van der Waals surface area contributed by atoms with Crippen molar-refractivity contribution in [3.8, 4) is 11.8 Å². The molecule has 98 valence electrons. The van der Waals surface area contributed by atoms with Gasteiger partial charge in [0.25, 0.3) is 0 Å². The average Bonchev–Trinajstić information content (AvgIpc) is 2.28. The smallest absolute Gasteiger partial charge is 0.420 e. The Kier molecular flexibility index (Phi) is 4.56. The lowest BCUT2D eigenvalue weighted by Gasteiger charge is -2.18. The summed E-state index contributed by atoms with van der Waals surface area (Å²) in [5.74, 6) is -0.300. The van der Waals surface area contributed by atoms with Crippen molar-refractivity contribution >= 4 is 0 Å². The Balaban J connectivity index is 3.08. The molecule has 0 spiro atoms. The van der Waals surface area contributed by atoms with Gasteiger partial charge in [-0.1, -0.05) is 0 Å². The normalized spacial score (nSPS) is 12.9. The molecule has 0 aliphatic carbocycles. The van der Waals surface area contributed by atoms with E-state index in [4.69, 9.17) is 14.7 Å².